The monoisotopic (exact) mass is 548 g/mol. The standard InChI is InChI=1S/C27H25ClN6O3S/c1-16(2)37-22-11-17(12-29)3-8-20(22)26-32-24(21-14-38-15-31-21)25(18-4-6-19(28)7-5-18)34(26)27(36)33-10-9-30-23(35)13-33/h3-8,11,14-16,24-25H,9-10,13H2,1-2H3,(H,30,35)/t24-,25+/m0/s1. The Morgan fingerprint density at radius 1 is 1.26 bits per heavy atom. The van der Waals surface area contributed by atoms with E-state index in [4.69, 9.17) is 21.3 Å². The first kappa shape index (κ1) is 25.7. The fraction of sp³-hybridized carbons (Fsp3) is 0.296. The van der Waals surface area contributed by atoms with Crippen LogP contribution in [0, 0.1) is 11.3 Å². The Balaban J connectivity index is 1.69. The topological polar surface area (TPSA) is 111 Å². The van der Waals surface area contributed by atoms with Gasteiger partial charge in [0, 0.05) is 23.5 Å². The minimum Gasteiger partial charge on any atom is -0.490 e. The third-order valence-corrected chi connectivity index (χ3v) is 7.12. The molecule has 2 aliphatic heterocycles. The number of halogens is 1. The van der Waals surface area contributed by atoms with Crippen LogP contribution in [0.25, 0.3) is 0 Å². The molecule has 1 aromatic heterocycles. The van der Waals surface area contributed by atoms with Crippen LogP contribution in [0.4, 0.5) is 4.79 Å². The van der Waals surface area contributed by atoms with Gasteiger partial charge in [-0.05, 0) is 49.7 Å². The van der Waals surface area contributed by atoms with Crippen molar-refractivity contribution in [3.63, 3.8) is 0 Å². The Kier molecular flexibility index (Phi) is 7.31. The average Bonchev–Trinajstić information content (AvgIpc) is 3.57. The van der Waals surface area contributed by atoms with Gasteiger partial charge in [0.1, 0.15) is 24.2 Å². The number of amidine groups is 1. The summed E-state index contributed by atoms with van der Waals surface area (Å²) < 4.78 is 6.09. The number of hydrogen-bond donors (Lipinski definition) is 1. The molecule has 0 spiro atoms. The molecule has 0 unspecified atom stereocenters. The second-order valence-electron chi connectivity index (χ2n) is 9.22. The van der Waals surface area contributed by atoms with Crippen LogP contribution in [0.3, 0.4) is 0 Å². The number of urea groups is 1. The molecular formula is C27H25ClN6O3S. The number of benzene rings is 2. The van der Waals surface area contributed by atoms with Crippen LogP contribution in [0.1, 0.15) is 48.3 Å². The van der Waals surface area contributed by atoms with Crippen molar-refractivity contribution in [3.05, 3.63) is 80.8 Å². The molecule has 9 nitrogen and oxygen atoms in total. The molecule has 194 valence electrons. The number of thiazole rings is 1. The Morgan fingerprint density at radius 3 is 2.71 bits per heavy atom. The molecule has 2 aliphatic rings. The lowest BCUT2D eigenvalue weighted by Crippen LogP contribution is -2.55. The summed E-state index contributed by atoms with van der Waals surface area (Å²) in [5, 5.41) is 14.8. The summed E-state index contributed by atoms with van der Waals surface area (Å²) in [7, 11) is 0. The third kappa shape index (κ3) is 5.08. The largest absolute Gasteiger partial charge is 0.490 e. The van der Waals surface area contributed by atoms with Gasteiger partial charge in [0.25, 0.3) is 0 Å². The van der Waals surface area contributed by atoms with Crippen LogP contribution in [0.15, 0.2) is 58.3 Å². The highest BCUT2D eigenvalue weighted by Crippen LogP contribution is 2.45. The molecule has 2 aromatic carbocycles. The summed E-state index contributed by atoms with van der Waals surface area (Å²) in [6.45, 7) is 4.46. The number of piperazine rings is 1. The van der Waals surface area contributed by atoms with Crippen molar-refractivity contribution in [2.45, 2.75) is 32.0 Å². The van der Waals surface area contributed by atoms with Gasteiger partial charge >= 0.3 is 6.03 Å². The quantitative estimate of drug-likeness (QED) is 0.503. The van der Waals surface area contributed by atoms with E-state index in [1.54, 1.807) is 40.7 Å². The smallest absolute Gasteiger partial charge is 0.326 e. The summed E-state index contributed by atoms with van der Waals surface area (Å²) in [5.41, 5.74) is 4.28. The van der Waals surface area contributed by atoms with Gasteiger partial charge in [-0.15, -0.1) is 11.3 Å². The van der Waals surface area contributed by atoms with Crippen LogP contribution in [0.2, 0.25) is 5.02 Å². The van der Waals surface area contributed by atoms with Gasteiger partial charge in [0.15, 0.2) is 0 Å². The van der Waals surface area contributed by atoms with Crippen molar-refractivity contribution in [3.8, 4) is 11.8 Å². The number of nitrogens with one attached hydrogen (secondary N) is 1. The summed E-state index contributed by atoms with van der Waals surface area (Å²) in [6, 6.07) is 13.1. The molecule has 0 bridgehead atoms. The van der Waals surface area contributed by atoms with Crippen molar-refractivity contribution >= 4 is 40.7 Å². The van der Waals surface area contributed by atoms with Gasteiger partial charge in [-0.3, -0.25) is 14.7 Å². The van der Waals surface area contributed by atoms with E-state index in [1.165, 1.54) is 16.2 Å². The van der Waals surface area contributed by atoms with Crippen molar-refractivity contribution in [2.75, 3.05) is 19.6 Å². The van der Waals surface area contributed by atoms with E-state index < -0.39 is 12.1 Å². The van der Waals surface area contributed by atoms with Gasteiger partial charge in [0.05, 0.1) is 40.5 Å². The van der Waals surface area contributed by atoms with Crippen LogP contribution in [-0.4, -0.2) is 58.3 Å². The Labute approximate surface area is 229 Å². The summed E-state index contributed by atoms with van der Waals surface area (Å²) in [4.78, 5) is 39.2. The molecule has 3 aromatic rings. The summed E-state index contributed by atoms with van der Waals surface area (Å²) in [6.07, 6.45) is -0.180. The van der Waals surface area contributed by atoms with E-state index in [9.17, 15) is 14.9 Å². The maximum atomic E-state index is 14.2. The summed E-state index contributed by atoms with van der Waals surface area (Å²) in [5.74, 6) is 0.614. The first-order chi connectivity index (χ1) is 18.4. The van der Waals surface area contributed by atoms with Crippen molar-refractivity contribution < 1.29 is 14.3 Å². The maximum Gasteiger partial charge on any atom is 0.326 e. The SMILES string of the molecule is CC(C)Oc1cc(C#N)ccc1C1=N[C@@H](c2cscn2)[C@@H](c2ccc(Cl)cc2)N1C(=O)N1CCNC(=O)C1. The number of aromatic nitrogens is 1. The van der Waals surface area contributed by atoms with Crippen molar-refractivity contribution in [1.29, 1.82) is 5.26 Å². The number of carbonyl (C=O) groups excluding carboxylic acids is 2. The van der Waals surface area contributed by atoms with Gasteiger partial charge < -0.3 is 15.0 Å². The highest BCUT2D eigenvalue weighted by atomic mass is 35.5. The molecule has 1 saturated heterocycles. The highest BCUT2D eigenvalue weighted by Gasteiger charge is 2.45. The first-order valence-electron chi connectivity index (χ1n) is 12.1. The minimum atomic E-state index is -0.551. The van der Waals surface area contributed by atoms with Crippen molar-refractivity contribution in [2.24, 2.45) is 4.99 Å². The molecule has 3 heterocycles. The zero-order valence-electron chi connectivity index (χ0n) is 20.8. The fourth-order valence-electron chi connectivity index (χ4n) is 4.62. The number of nitrogens with zero attached hydrogens (tertiary/aromatic N) is 5. The minimum absolute atomic E-state index is 0.0555. The number of amides is 3. The van der Waals surface area contributed by atoms with E-state index in [0.29, 0.717) is 40.8 Å². The lowest BCUT2D eigenvalue weighted by Gasteiger charge is -2.35. The molecular weight excluding hydrogens is 524 g/mol. The van der Waals surface area contributed by atoms with E-state index in [1.807, 2.05) is 31.4 Å². The second kappa shape index (κ2) is 10.8. The number of rotatable bonds is 5. The fourth-order valence-corrected chi connectivity index (χ4v) is 5.32. The van der Waals surface area contributed by atoms with Crippen LogP contribution in [-0.2, 0) is 4.79 Å². The Bertz CT molecular complexity index is 1420. The van der Waals surface area contributed by atoms with E-state index in [-0.39, 0.29) is 24.6 Å². The predicted octanol–water partition coefficient (Wildman–Crippen LogP) is 4.55. The zero-order chi connectivity index (χ0) is 26.8. The van der Waals surface area contributed by atoms with Gasteiger partial charge in [0.2, 0.25) is 5.91 Å². The summed E-state index contributed by atoms with van der Waals surface area (Å²) >= 11 is 7.65. The molecule has 3 amide bonds. The zero-order valence-corrected chi connectivity index (χ0v) is 22.4. The van der Waals surface area contributed by atoms with Gasteiger partial charge in [-0.2, -0.15) is 5.26 Å². The number of nitriles is 1. The van der Waals surface area contributed by atoms with Crippen LogP contribution in [0.5, 0.6) is 5.75 Å². The lowest BCUT2D eigenvalue weighted by atomic mass is 9.97. The Morgan fingerprint density at radius 2 is 2.05 bits per heavy atom. The molecule has 0 aliphatic carbocycles. The van der Waals surface area contributed by atoms with E-state index in [2.05, 4.69) is 16.4 Å². The number of carbonyl (C=O) groups is 2. The molecule has 38 heavy (non-hydrogen) atoms. The van der Waals surface area contributed by atoms with Gasteiger partial charge in [-0.25, -0.2) is 9.78 Å². The molecule has 0 saturated carbocycles. The maximum absolute atomic E-state index is 14.2. The molecule has 0 radical (unpaired) electrons. The van der Waals surface area contributed by atoms with E-state index >= 15 is 0 Å². The molecule has 2 atom stereocenters. The van der Waals surface area contributed by atoms with Crippen LogP contribution < -0.4 is 10.1 Å². The first-order valence-corrected chi connectivity index (χ1v) is 13.4. The lowest BCUT2D eigenvalue weighted by molar-refractivity contribution is -0.123. The molecule has 11 heteroatoms. The second-order valence-corrected chi connectivity index (χ2v) is 10.4. The molecule has 5 rings (SSSR count). The number of ether oxygens (including phenoxy) is 1. The van der Waals surface area contributed by atoms with E-state index in [0.717, 1.165) is 11.3 Å². The average molecular weight is 549 g/mol. The highest BCUT2D eigenvalue weighted by molar-refractivity contribution is 7.07. The Hall–Kier alpha value is -3.94. The molecule has 1 fully saturated rings. The number of aliphatic imine (C=N–C) groups is 1. The number of hydrogen-bond acceptors (Lipinski definition) is 7. The predicted molar refractivity (Wildman–Crippen MR) is 144 cm³/mol. The van der Waals surface area contributed by atoms with Gasteiger partial charge in [-0.1, -0.05) is 23.7 Å². The molecule has 1 N–H and O–H groups in total. The normalized spacial score (nSPS) is 19.2. The van der Waals surface area contributed by atoms with Crippen LogP contribution >= 0.6 is 22.9 Å². The van der Waals surface area contributed by atoms with Crippen molar-refractivity contribution in [1.82, 2.24) is 20.1 Å². The third-order valence-electron chi connectivity index (χ3n) is 6.26.